The second kappa shape index (κ2) is 10.5. The zero-order chi connectivity index (χ0) is 33.1. The van der Waals surface area contributed by atoms with E-state index < -0.39 is 0 Å². The van der Waals surface area contributed by atoms with Crippen molar-refractivity contribution in [3.8, 4) is 0 Å². The predicted octanol–water partition coefficient (Wildman–Crippen LogP) is 9.57. The number of nitrogens with zero attached hydrogens (tertiary/aromatic N) is 4. The summed E-state index contributed by atoms with van der Waals surface area (Å²) in [4.78, 5) is 9.80. The maximum absolute atomic E-state index is 6.14. The Morgan fingerprint density at radius 2 is 0.840 bits per heavy atom. The van der Waals surface area contributed by atoms with Gasteiger partial charge in [0.2, 0.25) is 0 Å². The molecule has 0 bridgehead atoms. The third-order valence-corrected chi connectivity index (χ3v) is 12.9. The van der Waals surface area contributed by atoms with E-state index in [0.717, 1.165) is 33.3 Å². The maximum atomic E-state index is 6.14. The van der Waals surface area contributed by atoms with Crippen LogP contribution in [0.4, 0.5) is 32.8 Å². The molecule has 0 spiro atoms. The van der Waals surface area contributed by atoms with Gasteiger partial charge in [-0.25, -0.2) is 0 Å². The summed E-state index contributed by atoms with van der Waals surface area (Å²) in [6, 6.07) is 43.4. The summed E-state index contributed by atoms with van der Waals surface area (Å²) in [5, 5.41) is 7.26. The normalized spacial score (nSPS) is 14.4. The van der Waals surface area contributed by atoms with Crippen molar-refractivity contribution in [1.29, 1.82) is 0 Å². The first-order chi connectivity index (χ1) is 24.7. The van der Waals surface area contributed by atoms with Crippen molar-refractivity contribution in [2.45, 2.75) is 0 Å². The first kappa shape index (κ1) is 28.3. The van der Waals surface area contributed by atoms with E-state index in [4.69, 9.17) is 8.83 Å². The lowest BCUT2D eigenvalue weighted by Crippen LogP contribution is -2.56. The third kappa shape index (κ3) is 3.80. The number of fused-ring (bicyclic) bond motifs is 8. The summed E-state index contributed by atoms with van der Waals surface area (Å²) in [6.07, 6.45) is 3.84. The van der Waals surface area contributed by atoms with Crippen LogP contribution in [0.15, 0.2) is 143 Å². The van der Waals surface area contributed by atoms with Gasteiger partial charge in [0, 0.05) is 30.9 Å². The Bertz CT molecular complexity index is 2580. The van der Waals surface area contributed by atoms with Gasteiger partial charge < -0.3 is 28.1 Å². The fraction of sp³-hybridized carbons (Fsp3) is 0.0500. The van der Waals surface area contributed by atoms with E-state index in [1.54, 1.807) is 0 Å². The van der Waals surface area contributed by atoms with Crippen LogP contribution in [-0.4, -0.2) is 28.1 Å². The molecule has 11 rings (SSSR count). The van der Waals surface area contributed by atoms with Gasteiger partial charge in [0.15, 0.2) is 0 Å². The standard InChI is InChI=1S/C40H28B2N4O2S2/c1-43-39-37(29-13-5-9-17-35(29)49-39)45(31-23-47-33-15-7-3-11-27(31)33)41(43)25-19-21-26(22-20-25)42-44(2)40-38(30-14-6-10-18-36(30)50-40)46(42)32-24-48-34-16-8-4-12-28(32)34/h3-24H,1-2H3. The summed E-state index contributed by atoms with van der Waals surface area (Å²) in [5.41, 5.74) is 8.84. The highest BCUT2D eigenvalue weighted by molar-refractivity contribution is 7.25. The van der Waals surface area contributed by atoms with Gasteiger partial charge in [0.25, 0.3) is 0 Å². The second-order valence-electron chi connectivity index (χ2n) is 13.1. The summed E-state index contributed by atoms with van der Waals surface area (Å²) < 4.78 is 14.8. The van der Waals surface area contributed by atoms with Crippen LogP contribution in [0.5, 0.6) is 0 Å². The molecule has 0 radical (unpaired) electrons. The average molecular weight is 682 g/mol. The van der Waals surface area contributed by atoms with Crippen LogP contribution in [-0.2, 0) is 0 Å². The fourth-order valence-electron chi connectivity index (χ4n) is 8.19. The fourth-order valence-corrected chi connectivity index (χ4v) is 10.5. The van der Waals surface area contributed by atoms with Crippen molar-refractivity contribution in [3.63, 3.8) is 0 Å². The molecule has 9 aromatic rings. The molecule has 0 saturated carbocycles. The SMILES string of the molecule is CN1B(c2ccc(B3N(C)c4sc5ccccc5c4N3c3coc4ccccc34)cc2)N(c2coc3ccccc23)c2c1sc1ccccc21. The molecule has 6 nitrogen and oxygen atoms in total. The minimum atomic E-state index is -0.0447. The van der Waals surface area contributed by atoms with Gasteiger partial charge in [0.05, 0.1) is 22.7 Å². The molecule has 5 aromatic carbocycles. The zero-order valence-electron chi connectivity index (χ0n) is 27.3. The molecular weight excluding hydrogens is 654 g/mol. The minimum Gasteiger partial charge on any atom is -0.462 e. The van der Waals surface area contributed by atoms with Gasteiger partial charge in [0.1, 0.15) is 33.7 Å². The van der Waals surface area contributed by atoms with Gasteiger partial charge >= 0.3 is 14.0 Å². The van der Waals surface area contributed by atoms with Crippen LogP contribution in [0.25, 0.3) is 42.1 Å². The first-order valence-corrected chi connectivity index (χ1v) is 18.4. The van der Waals surface area contributed by atoms with Crippen molar-refractivity contribution in [2.75, 3.05) is 33.3 Å². The Balaban J connectivity index is 1.05. The lowest BCUT2D eigenvalue weighted by atomic mass is 9.61. The van der Waals surface area contributed by atoms with E-state index in [2.05, 4.69) is 130 Å². The molecule has 4 aromatic heterocycles. The molecule has 0 N–H and O–H groups in total. The monoisotopic (exact) mass is 682 g/mol. The molecule has 2 aliphatic rings. The summed E-state index contributed by atoms with van der Waals surface area (Å²) >= 11 is 3.70. The number of hydrogen-bond acceptors (Lipinski definition) is 8. The highest BCUT2D eigenvalue weighted by Crippen LogP contribution is 2.54. The Morgan fingerprint density at radius 3 is 1.28 bits per heavy atom. The van der Waals surface area contributed by atoms with Crippen LogP contribution >= 0.6 is 22.7 Å². The Labute approximate surface area is 297 Å². The lowest BCUT2D eigenvalue weighted by molar-refractivity contribution is 0.616. The number of hydrogen-bond donors (Lipinski definition) is 0. The Morgan fingerprint density at radius 1 is 0.460 bits per heavy atom. The van der Waals surface area contributed by atoms with Crippen LogP contribution in [0.3, 0.4) is 0 Å². The van der Waals surface area contributed by atoms with Crippen LogP contribution in [0.1, 0.15) is 0 Å². The number of thiophene rings is 2. The van der Waals surface area contributed by atoms with E-state index in [1.165, 1.54) is 52.5 Å². The van der Waals surface area contributed by atoms with Crippen LogP contribution in [0, 0.1) is 0 Å². The number of para-hydroxylation sites is 2. The molecular formula is C40H28B2N4O2S2. The highest BCUT2D eigenvalue weighted by atomic mass is 32.1. The van der Waals surface area contributed by atoms with Crippen molar-refractivity contribution >= 4 is 122 Å². The molecule has 2 aliphatic heterocycles. The van der Waals surface area contributed by atoms with E-state index in [-0.39, 0.29) is 14.0 Å². The number of benzene rings is 5. The van der Waals surface area contributed by atoms with Crippen LogP contribution in [0.2, 0.25) is 0 Å². The zero-order valence-corrected chi connectivity index (χ0v) is 28.9. The Kier molecular flexibility index (Phi) is 5.92. The highest BCUT2D eigenvalue weighted by Gasteiger charge is 2.47. The third-order valence-electron chi connectivity index (χ3n) is 10.4. The quantitative estimate of drug-likeness (QED) is 0.172. The summed E-state index contributed by atoms with van der Waals surface area (Å²) in [6.45, 7) is -0.0894. The molecule has 50 heavy (non-hydrogen) atoms. The van der Waals surface area contributed by atoms with Crippen molar-refractivity contribution in [2.24, 2.45) is 0 Å². The molecule has 6 heterocycles. The molecule has 0 atom stereocenters. The molecule has 0 fully saturated rings. The average Bonchev–Trinajstić information content (AvgIpc) is 4.00. The van der Waals surface area contributed by atoms with Gasteiger partial charge in [-0.3, -0.25) is 0 Å². The number of furan rings is 2. The first-order valence-electron chi connectivity index (χ1n) is 16.8. The summed E-state index contributed by atoms with van der Waals surface area (Å²) in [5.74, 6) is 0. The molecule has 0 amide bonds. The lowest BCUT2D eigenvalue weighted by Gasteiger charge is -2.29. The van der Waals surface area contributed by atoms with E-state index >= 15 is 0 Å². The van der Waals surface area contributed by atoms with E-state index in [1.807, 2.05) is 59.5 Å². The van der Waals surface area contributed by atoms with Gasteiger partial charge in [-0.05, 0) is 61.4 Å². The molecule has 0 saturated heterocycles. The molecule has 0 unspecified atom stereocenters. The molecule has 238 valence electrons. The minimum absolute atomic E-state index is 0.0447. The molecule has 10 heteroatoms. The van der Waals surface area contributed by atoms with Crippen LogP contribution < -0.4 is 30.2 Å². The maximum Gasteiger partial charge on any atom is 0.416 e. The van der Waals surface area contributed by atoms with Crippen molar-refractivity contribution in [1.82, 2.24) is 0 Å². The topological polar surface area (TPSA) is 39.2 Å². The van der Waals surface area contributed by atoms with Gasteiger partial charge in [-0.1, -0.05) is 84.9 Å². The second-order valence-corrected chi connectivity index (χ2v) is 15.2. The summed E-state index contributed by atoms with van der Waals surface area (Å²) in [7, 11) is 4.43. The van der Waals surface area contributed by atoms with Crippen molar-refractivity contribution < 1.29 is 8.83 Å². The van der Waals surface area contributed by atoms with Gasteiger partial charge in [-0.2, -0.15) is 0 Å². The van der Waals surface area contributed by atoms with Gasteiger partial charge in [-0.15, -0.1) is 22.7 Å². The smallest absolute Gasteiger partial charge is 0.416 e. The number of anilines is 6. The molecule has 0 aliphatic carbocycles. The predicted molar refractivity (Wildman–Crippen MR) is 214 cm³/mol. The van der Waals surface area contributed by atoms with E-state index in [0.29, 0.717) is 0 Å². The largest absolute Gasteiger partial charge is 0.462 e. The van der Waals surface area contributed by atoms with E-state index in [9.17, 15) is 0 Å². The Hall–Kier alpha value is -5.57. The van der Waals surface area contributed by atoms with Crippen molar-refractivity contribution in [3.05, 3.63) is 134 Å². The number of rotatable bonds is 4.